The largest absolute Gasteiger partial charge is 0.707 e. The zero-order valence-electron chi connectivity index (χ0n) is 9.86. The van der Waals surface area contributed by atoms with Crippen molar-refractivity contribution in [3.8, 4) is 11.6 Å². The minimum Gasteiger partial charge on any atom is -0.508 e. The highest BCUT2D eigenvalue weighted by atomic mass is 35.5. The molecule has 0 spiro atoms. The lowest BCUT2D eigenvalue weighted by atomic mass is 10.2. The molecule has 0 aliphatic heterocycles. The molecule has 5 nitrogen and oxygen atoms in total. The molecule has 0 fully saturated rings. The van der Waals surface area contributed by atoms with Gasteiger partial charge in [-0.3, -0.25) is 0 Å². The molecule has 2 N–H and O–H groups in total. The quantitative estimate of drug-likeness (QED) is 0.815. The number of rotatable bonds is 5. The summed E-state index contributed by atoms with van der Waals surface area (Å²) in [4.78, 5) is 3.94. The first-order chi connectivity index (χ1) is 9.15. The van der Waals surface area contributed by atoms with E-state index in [1.807, 2.05) is 30.3 Å². The fourth-order valence-corrected chi connectivity index (χ4v) is 1.59. The molecule has 1 aromatic heterocycles. The molecule has 0 aliphatic rings. The van der Waals surface area contributed by atoms with E-state index < -0.39 is 7.32 Å². The predicted molar refractivity (Wildman–Crippen MR) is 70.8 cm³/mol. The number of hydrogen-bond donors (Lipinski definition) is 2. The van der Waals surface area contributed by atoms with Gasteiger partial charge in [0.1, 0.15) is 6.61 Å². The summed E-state index contributed by atoms with van der Waals surface area (Å²) in [6.45, 7) is 0.285. The number of aromatic nitrogens is 1. The van der Waals surface area contributed by atoms with Crippen LogP contribution in [-0.2, 0) is 6.61 Å². The Morgan fingerprint density at radius 2 is 1.95 bits per heavy atom. The van der Waals surface area contributed by atoms with Crippen molar-refractivity contribution in [3.05, 3.63) is 53.2 Å². The van der Waals surface area contributed by atoms with Crippen LogP contribution in [0.15, 0.2) is 42.6 Å². The van der Waals surface area contributed by atoms with Crippen LogP contribution in [-0.4, -0.2) is 22.4 Å². The number of pyridine rings is 1. The lowest BCUT2D eigenvalue weighted by Gasteiger charge is -2.11. The lowest BCUT2D eigenvalue weighted by molar-refractivity contribution is 0.255. The maximum Gasteiger partial charge on any atom is 0.707 e. The van der Waals surface area contributed by atoms with Crippen LogP contribution in [0.1, 0.15) is 5.56 Å². The molecule has 0 radical (unpaired) electrons. The Morgan fingerprint density at radius 1 is 1.21 bits per heavy atom. The Balaban J connectivity index is 2.11. The summed E-state index contributed by atoms with van der Waals surface area (Å²) in [6.07, 6.45) is 1.39. The van der Waals surface area contributed by atoms with Gasteiger partial charge in [0.15, 0.2) is 5.75 Å². The molecule has 7 heteroatoms. The first-order valence-corrected chi connectivity index (χ1v) is 5.88. The summed E-state index contributed by atoms with van der Waals surface area (Å²) in [7, 11) is -1.96. The van der Waals surface area contributed by atoms with Crippen LogP contribution in [0.25, 0.3) is 0 Å². The van der Waals surface area contributed by atoms with Gasteiger partial charge in [-0.1, -0.05) is 41.9 Å². The summed E-state index contributed by atoms with van der Waals surface area (Å²) < 4.78 is 10.2. The summed E-state index contributed by atoms with van der Waals surface area (Å²) in [5.41, 5.74) is 0.953. The van der Waals surface area contributed by atoms with Crippen molar-refractivity contribution < 1.29 is 19.4 Å². The van der Waals surface area contributed by atoms with Gasteiger partial charge in [0.05, 0.1) is 5.02 Å². The maximum atomic E-state index is 8.81. The molecular formula is C12H11BClNO4. The summed E-state index contributed by atoms with van der Waals surface area (Å²) in [5, 5.41) is 17.9. The summed E-state index contributed by atoms with van der Waals surface area (Å²) in [6, 6.07) is 10.9. The van der Waals surface area contributed by atoms with E-state index in [1.54, 1.807) is 0 Å². The Bertz CT molecular complexity index is 539. The fourth-order valence-electron chi connectivity index (χ4n) is 1.44. The van der Waals surface area contributed by atoms with Crippen molar-refractivity contribution >= 4 is 18.9 Å². The first kappa shape index (κ1) is 13.7. The number of halogens is 1. The van der Waals surface area contributed by atoms with Crippen molar-refractivity contribution in [1.82, 2.24) is 4.98 Å². The predicted octanol–water partition coefficient (Wildman–Crippen LogP) is 1.66. The zero-order chi connectivity index (χ0) is 13.7. The molecule has 0 bridgehead atoms. The van der Waals surface area contributed by atoms with Crippen molar-refractivity contribution in [2.45, 2.75) is 6.61 Å². The van der Waals surface area contributed by atoms with Crippen LogP contribution in [0.5, 0.6) is 11.6 Å². The van der Waals surface area contributed by atoms with Crippen LogP contribution in [0.4, 0.5) is 0 Å². The second-order valence-electron chi connectivity index (χ2n) is 3.68. The maximum absolute atomic E-state index is 8.81. The molecule has 1 aromatic carbocycles. The molecule has 0 amide bonds. The van der Waals surface area contributed by atoms with E-state index in [2.05, 4.69) is 4.98 Å². The highest BCUT2D eigenvalue weighted by molar-refractivity contribution is 6.34. The van der Waals surface area contributed by atoms with Crippen molar-refractivity contribution in [2.75, 3.05) is 0 Å². The van der Waals surface area contributed by atoms with Crippen LogP contribution in [0, 0.1) is 0 Å². The van der Waals surface area contributed by atoms with Gasteiger partial charge in [0, 0.05) is 12.3 Å². The van der Waals surface area contributed by atoms with E-state index in [0.717, 1.165) is 5.56 Å². The molecule has 0 aliphatic carbocycles. The minimum absolute atomic E-state index is 0.0680. The molecule has 2 rings (SSSR count). The highest BCUT2D eigenvalue weighted by Crippen LogP contribution is 2.28. The van der Waals surface area contributed by atoms with E-state index in [0.29, 0.717) is 5.02 Å². The fraction of sp³-hybridized carbons (Fsp3) is 0.0833. The molecule has 0 saturated heterocycles. The molecular weight excluding hydrogens is 268 g/mol. The standard InChI is InChI=1S/C12H11BClNO4/c14-10-6-11(19-13(16)17)12(15-7-10)18-8-9-4-2-1-3-5-9/h1-7,16-17H,8H2. The third-order valence-electron chi connectivity index (χ3n) is 2.24. The smallest absolute Gasteiger partial charge is 0.508 e. The average Bonchev–Trinajstić information content (AvgIpc) is 2.38. The molecule has 0 unspecified atom stereocenters. The third kappa shape index (κ3) is 4.13. The van der Waals surface area contributed by atoms with E-state index in [9.17, 15) is 0 Å². The summed E-state index contributed by atoms with van der Waals surface area (Å²) in [5.74, 6) is 0.208. The van der Waals surface area contributed by atoms with Crippen LogP contribution in [0.2, 0.25) is 5.02 Å². The van der Waals surface area contributed by atoms with E-state index in [1.165, 1.54) is 12.3 Å². The van der Waals surface area contributed by atoms with Gasteiger partial charge in [0.25, 0.3) is 5.88 Å². The van der Waals surface area contributed by atoms with Gasteiger partial charge in [-0.2, -0.15) is 0 Å². The average molecular weight is 279 g/mol. The van der Waals surface area contributed by atoms with Crippen molar-refractivity contribution in [3.63, 3.8) is 0 Å². The molecule has 98 valence electrons. The van der Waals surface area contributed by atoms with Crippen molar-refractivity contribution in [1.29, 1.82) is 0 Å². The van der Waals surface area contributed by atoms with Crippen LogP contribution < -0.4 is 9.39 Å². The Morgan fingerprint density at radius 3 is 2.63 bits per heavy atom. The lowest BCUT2D eigenvalue weighted by Crippen LogP contribution is -2.21. The van der Waals surface area contributed by atoms with Gasteiger partial charge in [-0.15, -0.1) is 0 Å². The number of hydrogen-bond acceptors (Lipinski definition) is 5. The molecule has 0 saturated carbocycles. The Hall–Kier alpha value is -1.76. The van der Waals surface area contributed by atoms with E-state index in [4.69, 9.17) is 31.0 Å². The number of nitrogens with zero attached hydrogens (tertiary/aromatic N) is 1. The molecule has 19 heavy (non-hydrogen) atoms. The van der Waals surface area contributed by atoms with E-state index >= 15 is 0 Å². The Kier molecular flexibility index (Phi) is 4.62. The zero-order valence-corrected chi connectivity index (χ0v) is 10.6. The second-order valence-corrected chi connectivity index (χ2v) is 4.11. The normalized spacial score (nSPS) is 10.1. The second kappa shape index (κ2) is 6.42. The molecule has 0 atom stereocenters. The number of ether oxygens (including phenoxy) is 1. The molecule has 1 heterocycles. The highest BCUT2D eigenvalue weighted by Gasteiger charge is 2.16. The third-order valence-corrected chi connectivity index (χ3v) is 2.44. The van der Waals surface area contributed by atoms with Gasteiger partial charge in [0.2, 0.25) is 0 Å². The minimum atomic E-state index is -1.96. The van der Waals surface area contributed by atoms with Gasteiger partial charge < -0.3 is 19.4 Å². The molecule has 2 aromatic rings. The number of benzene rings is 1. The van der Waals surface area contributed by atoms with Gasteiger partial charge in [-0.25, -0.2) is 4.98 Å². The van der Waals surface area contributed by atoms with Gasteiger partial charge in [-0.05, 0) is 5.56 Å². The summed E-state index contributed by atoms with van der Waals surface area (Å²) >= 11 is 5.76. The topological polar surface area (TPSA) is 71.8 Å². The first-order valence-electron chi connectivity index (χ1n) is 5.50. The van der Waals surface area contributed by atoms with Gasteiger partial charge >= 0.3 is 7.32 Å². The SMILES string of the molecule is OB(O)Oc1cc(Cl)cnc1OCc1ccccc1. The van der Waals surface area contributed by atoms with Crippen LogP contribution in [0.3, 0.4) is 0 Å². The monoisotopic (exact) mass is 279 g/mol. The Labute approximate surface area is 115 Å². The van der Waals surface area contributed by atoms with Crippen molar-refractivity contribution in [2.24, 2.45) is 0 Å². The van der Waals surface area contributed by atoms with E-state index in [-0.39, 0.29) is 18.2 Å². The van der Waals surface area contributed by atoms with Crippen LogP contribution >= 0.6 is 11.6 Å².